The summed E-state index contributed by atoms with van der Waals surface area (Å²) in [5.41, 5.74) is 0.834. The summed E-state index contributed by atoms with van der Waals surface area (Å²) in [6, 6.07) is 7.58. The molecule has 7 heteroatoms. The van der Waals surface area contributed by atoms with Crippen molar-refractivity contribution in [2.24, 2.45) is 23.2 Å². The minimum Gasteiger partial charge on any atom is -0.377 e. The standard InChI is InChI=1S/C28H38N4O3/c1-18(28-12-19-9-20(13-28)11-21(10-19)14-28)29-26(33)17-32(15-22-5-4-8-35-22)16-25-30-24-7-3-2-6-23(24)27(34)31-25/h2-3,6-7,18-22H,4-5,8-17H2,1H3,(H,29,33)(H,30,31,34). The second kappa shape index (κ2) is 9.32. The molecule has 0 radical (unpaired) electrons. The lowest BCUT2D eigenvalue weighted by Gasteiger charge is -2.59. The van der Waals surface area contributed by atoms with Crippen LogP contribution in [0.15, 0.2) is 29.1 Å². The van der Waals surface area contributed by atoms with Gasteiger partial charge in [-0.05, 0) is 93.6 Å². The van der Waals surface area contributed by atoms with Crippen molar-refractivity contribution < 1.29 is 9.53 Å². The monoisotopic (exact) mass is 478 g/mol. The van der Waals surface area contributed by atoms with E-state index in [4.69, 9.17) is 4.74 Å². The zero-order chi connectivity index (χ0) is 24.0. The van der Waals surface area contributed by atoms with Crippen molar-refractivity contribution in [2.75, 3.05) is 19.7 Å². The summed E-state index contributed by atoms with van der Waals surface area (Å²) in [6.07, 6.45) is 10.2. The maximum absolute atomic E-state index is 13.3. The number of hydrogen-bond donors (Lipinski definition) is 2. The van der Waals surface area contributed by atoms with Gasteiger partial charge in [0.15, 0.2) is 0 Å². The first kappa shape index (κ1) is 23.2. The van der Waals surface area contributed by atoms with Gasteiger partial charge in [-0.25, -0.2) is 4.98 Å². The molecule has 0 spiro atoms. The number of ether oxygens (including phenoxy) is 1. The molecule has 1 aliphatic heterocycles. The number of fused-ring (bicyclic) bond motifs is 1. The molecule has 5 fully saturated rings. The lowest BCUT2D eigenvalue weighted by molar-refractivity contribution is -0.127. The number of nitrogens with zero attached hydrogens (tertiary/aromatic N) is 2. The van der Waals surface area contributed by atoms with Crippen LogP contribution in [0.1, 0.15) is 64.1 Å². The molecule has 7 nitrogen and oxygen atoms in total. The quantitative estimate of drug-likeness (QED) is 0.605. The number of benzene rings is 1. The Hall–Kier alpha value is -2.25. The van der Waals surface area contributed by atoms with E-state index in [0.29, 0.717) is 29.8 Å². The highest BCUT2D eigenvalue weighted by Gasteiger charge is 2.53. The van der Waals surface area contributed by atoms with E-state index >= 15 is 0 Å². The molecule has 7 rings (SSSR count). The molecule has 35 heavy (non-hydrogen) atoms. The normalized spacial score (nSPS) is 32.4. The van der Waals surface area contributed by atoms with Gasteiger partial charge in [0.25, 0.3) is 5.56 Å². The minimum absolute atomic E-state index is 0.0642. The highest BCUT2D eigenvalue weighted by Crippen LogP contribution is 2.61. The van der Waals surface area contributed by atoms with Crippen molar-refractivity contribution in [3.63, 3.8) is 0 Å². The van der Waals surface area contributed by atoms with Crippen LogP contribution < -0.4 is 10.9 Å². The molecule has 1 aromatic carbocycles. The zero-order valence-corrected chi connectivity index (χ0v) is 20.8. The first-order valence-corrected chi connectivity index (χ1v) is 13.6. The number of para-hydroxylation sites is 1. The van der Waals surface area contributed by atoms with Gasteiger partial charge in [0, 0.05) is 19.2 Å². The molecule has 4 saturated carbocycles. The number of carbonyl (C=O) groups excluding carboxylic acids is 1. The van der Waals surface area contributed by atoms with Crippen LogP contribution in [0.2, 0.25) is 0 Å². The van der Waals surface area contributed by atoms with Crippen LogP contribution in [0.3, 0.4) is 0 Å². The van der Waals surface area contributed by atoms with E-state index in [-0.39, 0.29) is 35.6 Å². The Bertz CT molecular complexity index is 1100. The van der Waals surface area contributed by atoms with Crippen LogP contribution >= 0.6 is 0 Å². The zero-order valence-electron chi connectivity index (χ0n) is 20.8. The van der Waals surface area contributed by atoms with Gasteiger partial charge >= 0.3 is 0 Å². The third kappa shape index (κ3) is 4.77. The Morgan fingerprint density at radius 2 is 1.91 bits per heavy atom. The largest absolute Gasteiger partial charge is 0.377 e. The van der Waals surface area contributed by atoms with Gasteiger partial charge in [-0.15, -0.1) is 0 Å². The molecule has 188 valence electrons. The molecule has 2 N–H and O–H groups in total. The van der Waals surface area contributed by atoms with E-state index in [1.54, 1.807) is 6.07 Å². The Balaban J connectivity index is 1.15. The first-order chi connectivity index (χ1) is 17.0. The van der Waals surface area contributed by atoms with Gasteiger partial charge in [-0.3, -0.25) is 14.5 Å². The molecule has 2 aromatic rings. The minimum atomic E-state index is -0.137. The number of amides is 1. The van der Waals surface area contributed by atoms with Gasteiger partial charge in [0.2, 0.25) is 5.91 Å². The fourth-order valence-electron chi connectivity index (χ4n) is 8.03. The Kier molecular flexibility index (Phi) is 6.17. The van der Waals surface area contributed by atoms with E-state index in [1.807, 2.05) is 18.2 Å². The first-order valence-electron chi connectivity index (χ1n) is 13.6. The fourth-order valence-corrected chi connectivity index (χ4v) is 8.03. The molecular weight excluding hydrogens is 440 g/mol. The lowest BCUT2D eigenvalue weighted by atomic mass is 9.48. The van der Waals surface area contributed by atoms with E-state index in [1.165, 1.54) is 38.5 Å². The summed E-state index contributed by atoms with van der Waals surface area (Å²) in [5.74, 6) is 3.26. The molecule has 2 unspecified atom stereocenters. The van der Waals surface area contributed by atoms with Gasteiger partial charge in [0.1, 0.15) is 5.82 Å². The number of aromatic amines is 1. The second-order valence-corrected chi connectivity index (χ2v) is 11.9. The van der Waals surface area contributed by atoms with E-state index in [2.05, 4.69) is 27.1 Å². The summed E-state index contributed by atoms with van der Waals surface area (Å²) >= 11 is 0. The van der Waals surface area contributed by atoms with Gasteiger partial charge in [-0.2, -0.15) is 0 Å². The highest BCUT2D eigenvalue weighted by molar-refractivity contribution is 5.78. The van der Waals surface area contributed by atoms with Crippen molar-refractivity contribution in [1.82, 2.24) is 20.2 Å². The van der Waals surface area contributed by atoms with E-state index in [0.717, 1.165) is 37.2 Å². The van der Waals surface area contributed by atoms with Crippen molar-refractivity contribution in [3.8, 4) is 0 Å². The SMILES string of the molecule is CC(NC(=O)CN(Cc1nc2ccccc2c(=O)[nH]1)CC1CCCO1)C12CC3CC(CC(C3)C1)C2. The van der Waals surface area contributed by atoms with Crippen LogP contribution in [0.25, 0.3) is 10.9 Å². The highest BCUT2D eigenvalue weighted by atomic mass is 16.5. The average molecular weight is 479 g/mol. The molecular formula is C28H38N4O3. The molecule has 4 bridgehead atoms. The topological polar surface area (TPSA) is 87.3 Å². The summed E-state index contributed by atoms with van der Waals surface area (Å²) in [5, 5.41) is 3.99. The molecule has 5 aliphatic rings. The maximum atomic E-state index is 13.3. The number of H-pyrrole nitrogens is 1. The van der Waals surface area contributed by atoms with Crippen molar-refractivity contribution in [2.45, 2.75) is 77.0 Å². The number of carbonyl (C=O) groups is 1. The van der Waals surface area contributed by atoms with E-state index < -0.39 is 0 Å². The summed E-state index contributed by atoms with van der Waals surface area (Å²) in [4.78, 5) is 35.6. The van der Waals surface area contributed by atoms with Gasteiger partial charge < -0.3 is 15.0 Å². The number of aromatic nitrogens is 2. The van der Waals surface area contributed by atoms with Crippen LogP contribution in [0.4, 0.5) is 0 Å². The molecule has 1 aromatic heterocycles. The molecule has 1 saturated heterocycles. The fraction of sp³-hybridized carbons (Fsp3) is 0.679. The van der Waals surface area contributed by atoms with Crippen molar-refractivity contribution in [3.05, 3.63) is 40.4 Å². The number of nitrogens with one attached hydrogen (secondary N) is 2. The predicted molar refractivity (Wildman–Crippen MR) is 135 cm³/mol. The summed E-state index contributed by atoms with van der Waals surface area (Å²) in [7, 11) is 0. The molecule has 2 atom stereocenters. The van der Waals surface area contributed by atoms with Crippen LogP contribution in [-0.4, -0.2) is 52.6 Å². The van der Waals surface area contributed by atoms with Crippen molar-refractivity contribution in [1.29, 1.82) is 0 Å². The van der Waals surface area contributed by atoms with Crippen LogP contribution in [0, 0.1) is 23.2 Å². The van der Waals surface area contributed by atoms with Gasteiger partial charge in [0.05, 0.1) is 30.1 Å². The third-order valence-corrected chi connectivity index (χ3v) is 9.27. The maximum Gasteiger partial charge on any atom is 0.258 e. The third-order valence-electron chi connectivity index (χ3n) is 9.27. The summed E-state index contributed by atoms with van der Waals surface area (Å²) in [6.45, 7) is 4.37. The molecule has 4 aliphatic carbocycles. The molecule has 2 heterocycles. The molecule has 1 amide bonds. The smallest absolute Gasteiger partial charge is 0.258 e. The number of hydrogen-bond acceptors (Lipinski definition) is 5. The predicted octanol–water partition coefficient (Wildman–Crippen LogP) is 3.63. The Morgan fingerprint density at radius 3 is 2.60 bits per heavy atom. The van der Waals surface area contributed by atoms with E-state index in [9.17, 15) is 9.59 Å². The van der Waals surface area contributed by atoms with Crippen LogP contribution in [0.5, 0.6) is 0 Å². The average Bonchev–Trinajstić information content (AvgIpc) is 3.31. The van der Waals surface area contributed by atoms with Gasteiger partial charge in [-0.1, -0.05) is 12.1 Å². The lowest BCUT2D eigenvalue weighted by Crippen LogP contribution is -2.56. The Labute approximate surface area is 207 Å². The Morgan fingerprint density at radius 1 is 1.20 bits per heavy atom. The van der Waals surface area contributed by atoms with Crippen molar-refractivity contribution >= 4 is 16.8 Å². The number of rotatable bonds is 8. The second-order valence-electron chi connectivity index (χ2n) is 11.9. The van der Waals surface area contributed by atoms with Crippen LogP contribution in [-0.2, 0) is 16.1 Å². The summed E-state index contributed by atoms with van der Waals surface area (Å²) < 4.78 is 5.88.